The summed E-state index contributed by atoms with van der Waals surface area (Å²) in [6.45, 7) is 4.59. The van der Waals surface area contributed by atoms with Crippen LogP contribution in [0.5, 0.6) is 0 Å². The Morgan fingerprint density at radius 3 is 2.88 bits per heavy atom. The summed E-state index contributed by atoms with van der Waals surface area (Å²) in [6, 6.07) is 2.34. The van der Waals surface area contributed by atoms with Crippen LogP contribution in [0.2, 0.25) is 5.02 Å². The second-order valence-corrected chi connectivity index (χ2v) is 6.38. The summed E-state index contributed by atoms with van der Waals surface area (Å²) >= 11 is 9.50. The highest BCUT2D eigenvalue weighted by molar-refractivity contribution is 9.10. The Bertz CT molecular complexity index is 393. The summed E-state index contributed by atoms with van der Waals surface area (Å²) < 4.78 is 0.911. The molecular formula is C12H16BrClN2. The van der Waals surface area contributed by atoms with Crippen molar-refractivity contribution in [1.29, 1.82) is 0 Å². The SMILES string of the molecule is CC1(C)CCCC1Nc1ncc(Br)cc1Cl. The third-order valence-corrected chi connectivity index (χ3v) is 4.10. The maximum Gasteiger partial charge on any atom is 0.145 e. The molecule has 0 spiro atoms. The zero-order chi connectivity index (χ0) is 11.8. The van der Waals surface area contributed by atoms with E-state index in [0.717, 1.165) is 10.3 Å². The van der Waals surface area contributed by atoms with Gasteiger partial charge in [0.25, 0.3) is 0 Å². The van der Waals surface area contributed by atoms with Crippen LogP contribution in [0.15, 0.2) is 16.7 Å². The van der Waals surface area contributed by atoms with E-state index in [-0.39, 0.29) is 0 Å². The number of pyridine rings is 1. The first-order chi connectivity index (χ1) is 7.49. The first-order valence-electron chi connectivity index (χ1n) is 5.56. The first kappa shape index (κ1) is 12.2. The Balaban J connectivity index is 2.15. The Kier molecular flexibility index (Phi) is 3.45. The number of rotatable bonds is 2. The van der Waals surface area contributed by atoms with Gasteiger partial charge in [-0.3, -0.25) is 0 Å². The summed E-state index contributed by atoms with van der Waals surface area (Å²) in [5, 5.41) is 4.14. The summed E-state index contributed by atoms with van der Waals surface area (Å²) in [5.41, 5.74) is 0.331. The first-order valence-corrected chi connectivity index (χ1v) is 6.74. The topological polar surface area (TPSA) is 24.9 Å². The minimum Gasteiger partial charge on any atom is -0.366 e. The van der Waals surface area contributed by atoms with Gasteiger partial charge in [0.2, 0.25) is 0 Å². The van der Waals surface area contributed by atoms with Crippen molar-refractivity contribution in [2.24, 2.45) is 5.41 Å². The standard InChI is InChI=1S/C12H16BrClN2/c1-12(2)5-3-4-10(12)16-11-9(14)6-8(13)7-15-11/h6-7,10H,3-5H2,1-2H3,(H,15,16). The van der Waals surface area contributed by atoms with Crippen molar-refractivity contribution >= 4 is 33.3 Å². The molecule has 1 heterocycles. The van der Waals surface area contributed by atoms with Gasteiger partial charge < -0.3 is 5.32 Å². The molecule has 0 saturated heterocycles. The van der Waals surface area contributed by atoms with Crippen LogP contribution >= 0.6 is 27.5 Å². The van der Waals surface area contributed by atoms with E-state index in [1.54, 1.807) is 6.20 Å². The lowest BCUT2D eigenvalue weighted by atomic mass is 9.87. The third kappa shape index (κ3) is 2.51. The van der Waals surface area contributed by atoms with Crippen LogP contribution < -0.4 is 5.32 Å². The Morgan fingerprint density at radius 2 is 2.31 bits per heavy atom. The Morgan fingerprint density at radius 1 is 1.56 bits per heavy atom. The third-order valence-electron chi connectivity index (χ3n) is 3.38. The van der Waals surface area contributed by atoms with Crippen LogP contribution in [0.3, 0.4) is 0 Å². The van der Waals surface area contributed by atoms with Gasteiger partial charge in [0.15, 0.2) is 0 Å². The van der Waals surface area contributed by atoms with Crippen LogP contribution in [0, 0.1) is 5.41 Å². The van der Waals surface area contributed by atoms with Gasteiger partial charge >= 0.3 is 0 Å². The minimum atomic E-state index is 0.331. The highest BCUT2D eigenvalue weighted by Gasteiger charge is 2.34. The molecule has 88 valence electrons. The average Bonchev–Trinajstić information content (AvgIpc) is 2.50. The summed E-state index contributed by atoms with van der Waals surface area (Å²) in [7, 11) is 0. The Hall–Kier alpha value is -0.280. The second kappa shape index (κ2) is 4.53. The lowest BCUT2D eigenvalue weighted by Crippen LogP contribution is -2.31. The molecule has 0 bridgehead atoms. The summed E-state index contributed by atoms with van der Waals surface area (Å²) in [4.78, 5) is 4.32. The molecule has 0 radical (unpaired) electrons. The Labute approximate surface area is 110 Å². The molecule has 1 aliphatic carbocycles. The van der Waals surface area contributed by atoms with Gasteiger partial charge in [0.1, 0.15) is 5.82 Å². The number of aromatic nitrogens is 1. The maximum absolute atomic E-state index is 6.15. The lowest BCUT2D eigenvalue weighted by Gasteiger charge is -2.28. The van der Waals surface area contributed by atoms with Crippen LogP contribution in [-0.2, 0) is 0 Å². The van der Waals surface area contributed by atoms with Crippen molar-refractivity contribution in [3.05, 3.63) is 21.8 Å². The smallest absolute Gasteiger partial charge is 0.145 e. The molecule has 16 heavy (non-hydrogen) atoms. The zero-order valence-electron chi connectivity index (χ0n) is 9.56. The molecule has 1 atom stereocenters. The summed E-state index contributed by atoms with van der Waals surface area (Å²) in [5.74, 6) is 0.796. The number of nitrogens with one attached hydrogen (secondary N) is 1. The van der Waals surface area contributed by atoms with E-state index in [1.165, 1.54) is 19.3 Å². The molecule has 1 saturated carbocycles. The molecule has 1 unspecified atom stereocenters. The lowest BCUT2D eigenvalue weighted by molar-refractivity contribution is 0.349. The van der Waals surface area contributed by atoms with Crippen molar-refractivity contribution < 1.29 is 0 Å². The van der Waals surface area contributed by atoms with E-state index in [0.29, 0.717) is 16.5 Å². The number of halogens is 2. The van der Waals surface area contributed by atoms with Gasteiger partial charge in [-0.1, -0.05) is 31.9 Å². The number of hydrogen-bond acceptors (Lipinski definition) is 2. The van der Waals surface area contributed by atoms with E-state index in [4.69, 9.17) is 11.6 Å². The van der Waals surface area contributed by atoms with Crippen LogP contribution in [0.4, 0.5) is 5.82 Å². The van der Waals surface area contributed by atoms with Crippen LogP contribution in [-0.4, -0.2) is 11.0 Å². The zero-order valence-corrected chi connectivity index (χ0v) is 11.9. The van der Waals surface area contributed by atoms with Crippen molar-refractivity contribution in [3.63, 3.8) is 0 Å². The van der Waals surface area contributed by atoms with Gasteiger partial charge in [-0.05, 0) is 40.3 Å². The molecule has 2 nitrogen and oxygen atoms in total. The normalized spacial score (nSPS) is 23.4. The minimum absolute atomic E-state index is 0.331. The van der Waals surface area contributed by atoms with E-state index in [9.17, 15) is 0 Å². The van der Waals surface area contributed by atoms with Crippen LogP contribution in [0.25, 0.3) is 0 Å². The molecule has 1 aliphatic rings. The van der Waals surface area contributed by atoms with Crippen molar-refractivity contribution in [2.75, 3.05) is 5.32 Å². The monoisotopic (exact) mass is 302 g/mol. The van der Waals surface area contributed by atoms with E-state index in [2.05, 4.69) is 40.1 Å². The molecule has 1 N–H and O–H groups in total. The van der Waals surface area contributed by atoms with E-state index < -0.39 is 0 Å². The fourth-order valence-corrected chi connectivity index (χ4v) is 2.96. The number of nitrogens with zero attached hydrogens (tertiary/aromatic N) is 1. The van der Waals surface area contributed by atoms with E-state index >= 15 is 0 Å². The van der Waals surface area contributed by atoms with Crippen molar-refractivity contribution in [3.8, 4) is 0 Å². The predicted molar refractivity (Wildman–Crippen MR) is 72.0 cm³/mol. The molecule has 0 amide bonds. The fraction of sp³-hybridized carbons (Fsp3) is 0.583. The highest BCUT2D eigenvalue weighted by atomic mass is 79.9. The number of hydrogen-bond donors (Lipinski definition) is 1. The largest absolute Gasteiger partial charge is 0.366 e. The second-order valence-electron chi connectivity index (χ2n) is 5.06. The molecule has 1 fully saturated rings. The number of anilines is 1. The van der Waals surface area contributed by atoms with Crippen LogP contribution in [0.1, 0.15) is 33.1 Å². The molecular weight excluding hydrogens is 288 g/mol. The fourth-order valence-electron chi connectivity index (χ4n) is 2.28. The van der Waals surface area contributed by atoms with Gasteiger partial charge in [-0.25, -0.2) is 4.98 Å². The van der Waals surface area contributed by atoms with Gasteiger partial charge in [0, 0.05) is 16.7 Å². The average molecular weight is 304 g/mol. The van der Waals surface area contributed by atoms with Gasteiger partial charge in [0.05, 0.1) is 5.02 Å². The summed E-state index contributed by atoms with van der Waals surface area (Å²) in [6.07, 6.45) is 5.51. The van der Waals surface area contributed by atoms with E-state index in [1.807, 2.05) is 6.07 Å². The molecule has 1 aromatic rings. The molecule has 1 aromatic heterocycles. The predicted octanol–water partition coefficient (Wildman–Crippen LogP) is 4.49. The maximum atomic E-state index is 6.15. The molecule has 0 aromatic carbocycles. The van der Waals surface area contributed by atoms with Crippen molar-refractivity contribution in [1.82, 2.24) is 4.98 Å². The molecule has 2 rings (SSSR count). The van der Waals surface area contributed by atoms with Crippen molar-refractivity contribution in [2.45, 2.75) is 39.2 Å². The highest BCUT2D eigenvalue weighted by Crippen LogP contribution is 2.39. The molecule has 0 aliphatic heterocycles. The quantitative estimate of drug-likeness (QED) is 0.871. The molecule has 4 heteroatoms. The van der Waals surface area contributed by atoms with Gasteiger partial charge in [-0.15, -0.1) is 0 Å². The van der Waals surface area contributed by atoms with Gasteiger partial charge in [-0.2, -0.15) is 0 Å².